The number of carbonyl (C=O) groups is 1. The molecule has 0 radical (unpaired) electrons. The number of hydrogen-bond acceptors (Lipinski definition) is 4. The maximum Gasteiger partial charge on any atom is 0.256 e. The first-order valence-electron chi connectivity index (χ1n) is 7.30. The lowest BCUT2D eigenvalue weighted by molar-refractivity contribution is 0.0610. The zero-order valence-corrected chi connectivity index (χ0v) is 13.2. The number of carbonyl (C=O) groups excluding carboxylic acids is 1. The molecule has 2 aromatic heterocycles. The molecule has 4 nitrogen and oxygen atoms in total. The third-order valence-corrected chi connectivity index (χ3v) is 4.87. The number of likely N-dealkylation sites (tertiary alicyclic amines) is 1. The molecule has 0 bridgehead atoms. The van der Waals surface area contributed by atoms with Gasteiger partial charge in [-0.15, -0.1) is 11.3 Å². The lowest BCUT2D eigenvalue weighted by atomic mass is 10.0. The Labute approximate surface area is 128 Å². The molecule has 1 fully saturated rings. The molecule has 1 saturated heterocycles. The van der Waals surface area contributed by atoms with Crippen molar-refractivity contribution in [1.82, 2.24) is 14.9 Å². The molecule has 1 aliphatic heterocycles. The van der Waals surface area contributed by atoms with Gasteiger partial charge < -0.3 is 4.90 Å². The molecular weight excluding hydrogens is 282 g/mol. The van der Waals surface area contributed by atoms with Crippen molar-refractivity contribution < 1.29 is 4.79 Å². The van der Waals surface area contributed by atoms with E-state index in [1.807, 2.05) is 24.8 Å². The normalized spacial score (nSPS) is 18.8. The van der Waals surface area contributed by atoms with E-state index in [-0.39, 0.29) is 11.9 Å². The maximum atomic E-state index is 12.8. The number of thiazole rings is 1. The van der Waals surface area contributed by atoms with E-state index in [1.54, 1.807) is 23.7 Å². The molecule has 1 aliphatic rings. The van der Waals surface area contributed by atoms with Crippen LogP contribution in [-0.4, -0.2) is 27.3 Å². The van der Waals surface area contributed by atoms with Crippen molar-refractivity contribution >= 4 is 17.2 Å². The summed E-state index contributed by atoms with van der Waals surface area (Å²) in [5.41, 5.74) is 2.72. The average molecular weight is 301 g/mol. The number of piperidine rings is 1. The molecule has 2 aromatic rings. The minimum atomic E-state index is 0.0729. The van der Waals surface area contributed by atoms with Crippen LogP contribution in [0.1, 0.15) is 51.9 Å². The van der Waals surface area contributed by atoms with Crippen LogP contribution in [0.2, 0.25) is 0 Å². The lowest BCUT2D eigenvalue weighted by Crippen LogP contribution is -2.38. The van der Waals surface area contributed by atoms with Crippen molar-refractivity contribution in [3.05, 3.63) is 45.7 Å². The van der Waals surface area contributed by atoms with Crippen molar-refractivity contribution in [3.63, 3.8) is 0 Å². The fourth-order valence-electron chi connectivity index (χ4n) is 2.79. The SMILES string of the molecule is Cc1cncc(C(=O)N2CCCC[C@@H]2c2nc(C)cs2)c1. The van der Waals surface area contributed by atoms with Crippen LogP contribution in [0.25, 0.3) is 0 Å². The van der Waals surface area contributed by atoms with Gasteiger partial charge in [-0.05, 0) is 44.7 Å². The molecule has 0 saturated carbocycles. The van der Waals surface area contributed by atoms with E-state index in [9.17, 15) is 4.79 Å². The molecule has 110 valence electrons. The zero-order valence-electron chi connectivity index (χ0n) is 12.4. The summed E-state index contributed by atoms with van der Waals surface area (Å²) in [5, 5.41) is 3.11. The van der Waals surface area contributed by atoms with Gasteiger partial charge >= 0.3 is 0 Å². The highest BCUT2D eigenvalue weighted by Gasteiger charge is 2.30. The van der Waals surface area contributed by atoms with Crippen LogP contribution in [0.4, 0.5) is 0 Å². The number of pyridine rings is 1. The van der Waals surface area contributed by atoms with E-state index < -0.39 is 0 Å². The largest absolute Gasteiger partial charge is 0.329 e. The van der Waals surface area contributed by atoms with E-state index in [0.717, 1.165) is 42.1 Å². The Morgan fingerprint density at radius 2 is 2.19 bits per heavy atom. The fourth-order valence-corrected chi connectivity index (χ4v) is 3.74. The minimum absolute atomic E-state index is 0.0729. The van der Waals surface area contributed by atoms with E-state index >= 15 is 0 Å². The summed E-state index contributed by atoms with van der Waals surface area (Å²) in [6, 6.07) is 2.03. The second-order valence-electron chi connectivity index (χ2n) is 5.59. The third kappa shape index (κ3) is 2.97. The first-order chi connectivity index (χ1) is 10.1. The van der Waals surface area contributed by atoms with Gasteiger partial charge in [-0.25, -0.2) is 4.98 Å². The van der Waals surface area contributed by atoms with E-state index in [2.05, 4.69) is 15.3 Å². The molecule has 0 N–H and O–H groups in total. The first-order valence-corrected chi connectivity index (χ1v) is 8.18. The number of amides is 1. The van der Waals surface area contributed by atoms with Gasteiger partial charge in [-0.2, -0.15) is 0 Å². The standard InChI is InChI=1S/C16H19N3OS/c1-11-7-13(9-17-8-11)16(20)19-6-4-3-5-14(19)15-18-12(2)10-21-15/h7-10,14H,3-6H2,1-2H3/t14-/m1/s1. The van der Waals surface area contributed by atoms with Crippen molar-refractivity contribution in [1.29, 1.82) is 0 Å². The minimum Gasteiger partial charge on any atom is -0.329 e. The summed E-state index contributed by atoms with van der Waals surface area (Å²) in [5.74, 6) is 0.0729. The zero-order chi connectivity index (χ0) is 14.8. The van der Waals surface area contributed by atoms with Crippen LogP contribution in [0, 0.1) is 13.8 Å². The summed E-state index contributed by atoms with van der Waals surface area (Å²) in [6.45, 7) is 4.76. The molecule has 3 heterocycles. The first kappa shape index (κ1) is 14.2. The second kappa shape index (κ2) is 5.93. The average Bonchev–Trinajstić information content (AvgIpc) is 2.93. The smallest absolute Gasteiger partial charge is 0.256 e. The summed E-state index contributed by atoms with van der Waals surface area (Å²) in [4.78, 5) is 23.5. The van der Waals surface area contributed by atoms with Gasteiger partial charge in [0.2, 0.25) is 0 Å². The molecule has 0 spiro atoms. The second-order valence-corrected chi connectivity index (χ2v) is 6.48. The van der Waals surface area contributed by atoms with Crippen molar-refractivity contribution in [2.45, 2.75) is 39.2 Å². The van der Waals surface area contributed by atoms with Gasteiger partial charge in [0.1, 0.15) is 5.01 Å². The Hall–Kier alpha value is -1.75. The summed E-state index contributed by atoms with van der Waals surface area (Å²) >= 11 is 1.65. The number of aryl methyl sites for hydroxylation is 2. The maximum absolute atomic E-state index is 12.8. The molecule has 1 amide bonds. The van der Waals surface area contributed by atoms with Gasteiger partial charge in [-0.3, -0.25) is 9.78 Å². The van der Waals surface area contributed by atoms with E-state index in [0.29, 0.717) is 5.56 Å². The monoisotopic (exact) mass is 301 g/mol. The highest BCUT2D eigenvalue weighted by atomic mass is 32.1. The number of rotatable bonds is 2. The summed E-state index contributed by atoms with van der Waals surface area (Å²) in [7, 11) is 0. The Morgan fingerprint density at radius 1 is 1.33 bits per heavy atom. The Bertz CT molecular complexity index is 652. The quantitative estimate of drug-likeness (QED) is 0.852. The van der Waals surface area contributed by atoms with Gasteiger partial charge in [0.25, 0.3) is 5.91 Å². The van der Waals surface area contributed by atoms with Crippen LogP contribution in [0.5, 0.6) is 0 Å². The predicted molar refractivity (Wildman–Crippen MR) is 83.5 cm³/mol. The summed E-state index contributed by atoms with van der Waals surface area (Å²) in [6.07, 6.45) is 6.64. The highest BCUT2D eigenvalue weighted by Crippen LogP contribution is 2.33. The van der Waals surface area contributed by atoms with E-state index in [4.69, 9.17) is 0 Å². The van der Waals surface area contributed by atoms with Gasteiger partial charge in [0.15, 0.2) is 0 Å². The number of hydrogen-bond donors (Lipinski definition) is 0. The number of aromatic nitrogens is 2. The van der Waals surface area contributed by atoms with Crippen LogP contribution in [-0.2, 0) is 0 Å². The van der Waals surface area contributed by atoms with Crippen LogP contribution >= 0.6 is 11.3 Å². The topological polar surface area (TPSA) is 46.1 Å². The van der Waals surface area contributed by atoms with Gasteiger partial charge in [0, 0.05) is 30.0 Å². The molecule has 21 heavy (non-hydrogen) atoms. The molecular formula is C16H19N3OS. The molecule has 0 aromatic carbocycles. The van der Waals surface area contributed by atoms with Gasteiger partial charge in [0.05, 0.1) is 11.6 Å². The predicted octanol–water partition coefficient (Wildman–Crippen LogP) is 3.52. The molecule has 0 aliphatic carbocycles. The Balaban J connectivity index is 1.89. The lowest BCUT2D eigenvalue weighted by Gasteiger charge is -2.34. The fraction of sp³-hybridized carbons (Fsp3) is 0.438. The Kier molecular flexibility index (Phi) is 4.01. The molecule has 1 atom stereocenters. The van der Waals surface area contributed by atoms with Crippen LogP contribution < -0.4 is 0 Å². The number of nitrogens with zero attached hydrogens (tertiary/aromatic N) is 3. The third-order valence-electron chi connectivity index (χ3n) is 3.81. The Morgan fingerprint density at radius 3 is 2.90 bits per heavy atom. The molecule has 0 unspecified atom stereocenters. The van der Waals surface area contributed by atoms with Crippen LogP contribution in [0.3, 0.4) is 0 Å². The molecule has 5 heteroatoms. The van der Waals surface area contributed by atoms with E-state index in [1.165, 1.54) is 0 Å². The van der Waals surface area contributed by atoms with Crippen molar-refractivity contribution in [2.24, 2.45) is 0 Å². The molecule has 3 rings (SSSR count). The van der Waals surface area contributed by atoms with Gasteiger partial charge in [-0.1, -0.05) is 0 Å². The highest BCUT2D eigenvalue weighted by molar-refractivity contribution is 7.09. The van der Waals surface area contributed by atoms with Crippen molar-refractivity contribution in [3.8, 4) is 0 Å². The van der Waals surface area contributed by atoms with Crippen LogP contribution in [0.15, 0.2) is 23.8 Å². The summed E-state index contributed by atoms with van der Waals surface area (Å²) < 4.78 is 0. The van der Waals surface area contributed by atoms with Crippen molar-refractivity contribution in [2.75, 3.05) is 6.54 Å².